The van der Waals surface area contributed by atoms with E-state index in [1.165, 1.54) is 0 Å². The first kappa shape index (κ1) is 70.0. The van der Waals surface area contributed by atoms with Crippen LogP contribution in [0.15, 0.2) is 0 Å². The summed E-state index contributed by atoms with van der Waals surface area (Å²) < 4.78 is 198. The van der Waals surface area contributed by atoms with E-state index in [1.54, 1.807) is 0 Å². The number of hydrogen-bond acceptors (Lipinski definition) is 15. The van der Waals surface area contributed by atoms with Gasteiger partial charge in [0.15, 0.2) is 13.2 Å². The van der Waals surface area contributed by atoms with Crippen LogP contribution >= 0.6 is 35.3 Å². The van der Waals surface area contributed by atoms with Gasteiger partial charge in [-0.3, -0.25) is 28.8 Å². The summed E-state index contributed by atoms with van der Waals surface area (Å²) in [5, 5.41) is 0. The molecule has 1 unspecified atom stereocenters. The number of rotatable bonds is 36. The van der Waals surface area contributed by atoms with E-state index in [4.69, 9.17) is 14.2 Å². The van der Waals surface area contributed by atoms with Crippen molar-refractivity contribution >= 4 is 71.1 Å². The van der Waals surface area contributed by atoms with Gasteiger partial charge in [0.05, 0.1) is 71.4 Å². The van der Waals surface area contributed by atoms with E-state index >= 15 is 0 Å². The molecule has 27 heteroatoms. The Morgan fingerprint density at radius 2 is 0.603 bits per heavy atom. The molecule has 428 valence electrons. The molecule has 0 aromatic rings. The fourth-order valence-electron chi connectivity index (χ4n) is 5.49. The van der Waals surface area contributed by atoms with Gasteiger partial charge < -0.3 is 28.4 Å². The van der Waals surface area contributed by atoms with Gasteiger partial charge in [-0.25, -0.2) is 0 Å². The largest absolute Gasteiger partial charge is 0.466 e. The highest BCUT2D eigenvalue weighted by Crippen LogP contribution is 2.50. The first-order chi connectivity index (χ1) is 33.1. The molecule has 12 nitrogen and oxygen atoms in total. The lowest BCUT2D eigenvalue weighted by molar-refractivity contribution is -0.271. The van der Waals surface area contributed by atoms with E-state index in [0.29, 0.717) is 0 Å². The average molecular weight is 1140 g/mol. The second kappa shape index (κ2) is 30.7. The molecule has 0 aliphatic rings. The van der Waals surface area contributed by atoms with E-state index in [2.05, 4.69) is 14.2 Å². The van der Waals surface area contributed by atoms with Gasteiger partial charge in [-0.1, -0.05) is 62.3 Å². The molecule has 0 rings (SSSR count). The van der Waals surface area contributed by atoms with Crippen LogP contribution in [0.4, 0.5) is 52.7 Å². The van der Waals surface area contributed by atoms with Crippen LogP contribution in [0.2, 0.25) is 0 Å². The Bertz CT molecular complexity index is 1740. The highest BCUT2D eigenvalue weighted by atomic mass is 32.2. The fourth-order valence-corrected chi connectivity index (χ4v) is 7.97. The minimum Gasteiger partial charge on any atom is -0.466 e. The van der Waals surface area contributed by atoms with Crippen LogP contribution in [0.5, 0.6) is 0 Å². The molecule has 0 aromatic heterocycles. The number of ether oxygens (including phenoxy) is 6. The van der Waals surface area contributed by atoms with Gasteiger partial charge >= 0.3 is 71.4 Å². The molecular formula is C46H70F12O12S3. The van der Waals surface area contributed by atoms with Gasteiger partial charge in [0.1, 0.15) is 0 Å². The minimum atomic E-state index is -4.62. The second-order valence-electron chi connectivity index (χ2n) is 19.8. The van der Waals surface area contributed by atoms with Crippen molar-refractivity contribution in [2.45, 2.75) is 156 Å². The summed E-state index contributed by atoms with van der Waals surface area (Å²) in [5.74, 6) is -32.1. The third-order valence-corrected chi connectivity index (χ3v) is 13.4. The zero-order valence-electron chi connectivity index (χ0n) is 42.6. The quantitative estimate of drug-likeness (QED) is 0.0252. The van der Waals surface area contributed by atoms with Crippen LogP contribution in [-0.2, 0) is 57.2 Å². The molecule has 0 saturated heterocycles. The maximum absolute atomic E-state index is 14.1. The van der Waals surface area contributed by atoms with Crippen molar-refractivity contribution in [3.63, 3.8) is 0 Å². The highest BCUT2D eigenvalue weighted by Gasteiger charge is 2.65. The SMILES string of the molecule is CC(C)(C)C(F)(F)C(F)(F)CCOC(=O)CCSCCC(=O)OCCC(CCOC(=O)CCSCCC(=O)OCC(F)(F)C(F)(F)C(C)(C)C)COC(=O)CCSCCC(=O)OCC(F)(F)C(F)(F)C(C)(C)C. The van der Waals surface area contributed by atoms with Crippen molar-refractivity contribution in [1.29, 1.82) is 0 Å². The Morgan fingerprint density at radius 1 is 0.356 bits per heavy atom. The Morgan fingerprint density at radius 3 is 0.890 bits per heavy atom. The molecule has 0 N–H and O–H groups in total. The van der Waals surface area contributed by atoms with Gasteiger partial charge in [-0.15, -0.1) is 0 Å². The summed E-state index contributed by atoms with van der Waals surface area (Å²) in [6.07, 6.45) is -2.68. The van der Waals surface area contributed by atoms with Crippen molar-refractivity contribution in [2.24, 2.45) is 22.2 Å². The standard InChI is InChI=1S/C46H70F12O12S3/c1-38(2,3)44(53,54)41(47,48)18-21-67-34(61)14-24-71-22-12-32(59)65-19-10-31(28-68-35(62)15-25-73-27-17-37(64)70-30-43(51,52)46(57,58)40(7,8)9)11-20-66-33(60)13-23-72-26-16-36(63)69-29-42(49,50)45(55,56)39(4,5)6/h31H,10-30H2,1-9H3. The smallest absolute Gasteiger partial charge is 0.343 e. The second-order valence-corrected chi connectivity index (χ2v) is 23.5. The lowest BCUT2D eigenvalue weighted by Gasteiger charge is -2.36. The summed E-state index contributed by atoms with van der Waals surface area (Å²) >= 11 is 3.24. The monoisotopic (exact) mass is 1140 g/mol. The molecule has 1 atom stereocenters. The lowest BCUT2D eigenvalue weighted by atomic mass is 9.83. The van der Waals surface area contributed by atoms with Crippen molar-refractivity contribution in [3.05, 3.63) is 0 Å². The van der Waals surface area contributed by atoms with E-state index in [-0.39, 0.29) is 92.9 Å². The van der Waals surface area contributed by atoms with Crippen LogP contribution in [-0.4, -0.2) is 146 Å². The number of carbonyl (C=O) groups excluding carboxylic acids is 6. The molecule has 0 amide bonds. The third kappa shape index (κ3) is 25.2. The van der Waals surface area contributed by atoms with Gasteiger partial charge in [-0.05, 0) is 18.8 Å². The molecule has 0 saturated carbocycles. The first-order valence-electron chi connectivity index (χ1n) is 23.1. The van der Waals surface area contributed by atoms with E-state index in [0.717, 1.165) is 97.6 Å². The highest BCUT2D eigenvalue weighted by molar-refractivity contribution is 7.99. The van der Waals surface area contributed by atoms with Crippen molar-refractivity contribution in [3.8, 4) is 0 Å². The molecule has 0 spiro atoms. The number of esters is 6. The van der Waals surface area contributed by atoms with Crippen LogP contribution in [0.25, 0.3) is 0 Å². The summed E-state index contributed by atoms with van der Waals surface area (Å²) in [4.78, 5) is 73.0. The molecule has 0 aromatic carbocycles. The van der Waals surface area contributed by atoms with Gasteiger partial charge in [-0.2, -0.15) is 88.0 Å². The zero-order chi connectivity index (χ0) is 56.8. The molecule has 73 heavy (non-hydrogen) atoms. The minimum absolute atomic E-state index is 0.000602. The molecule has 0 fully saturated rings. The number of carbonyl (C=O) groups is 6. The summed E-state index contributed by atoms with van der Waals surface area (Å²) in [5.41, 5.74) is -6.25. The Hall–Kier alpha value is -2.97. The van der Waals surface area contributed by atoms with Crippen molar-refractivity contribution in [1.82, 2.24) is 0 Å². The Labute approximate surface area is 431 Å². The number of alkyl halides is 12. The molecule has 0 aliphatic carbocycles. The molecule has 0 aliphatic heterocycles. The summed E-state index contributed by atoms with van der Waals surface area (Å²) in [7, 11) is 0. The molecule has 0 radical (unpaired) electrons. The first-order valence-corrected chi connectivity index (χ1v) is 26.6. The van der Waals surface area contributed by atoms with Gasteiger partial charge in [0, 0.05) is 50.8 Å². The molecule has 0 bridgehead atoms. The van der Waals surface area contributed by atoms with E-state index in [9.17, 15) is 81.5 Å². The van der Waals surface area contributed by atoms with Crippen LogP contribution in [0.1, 0.15) is 120 Å². The maximum atomic E-state index is 14.1. The van der Waals surface area contributed by atoms with Crippen LogP contribution in [0.3, 0.4) is 0 Å². The van der Waals surface area contributed by atoms with Crippen LogP contribution in [0, 0.1) is 22.2 Å². The Kier molecular flexibility index (Phi) is 29.4. The van der Waals surface area contributed by atoms with E-state index in [1.807, 2.05) is 0 Å². The molecule has 0 heterocycles. The maximum Gasteiger partial charge on any atom is 0.343 e. The third-order valence-electron chi connectivity index (χ3n) is 10.5. The van der Waals surface area contributed by atoms with Gasteiger partial charge in [0.2, 0.25) is 0 Å². The predicted molar refractivity (Wildman–Crippen MR) is 251 cm³/mol. The number of halogens is 12. The summed E-state index contributed by atoms with van der Waals surface area (Å²) in [6, 6.07) is 0. The molecular weight excluding hydrogens is 1070 g/mol. The lowest BCUT2D eigenvalue weighted by Crippen LogP contribution is -2.52. The number of hydrogen-bond donors (Lipinski definition) is 0. The summed E-state index contributed by atoms with van der Waals surface area (Å²) in [6.45, 7) is 3.25. The zero-order valence-corrected chi connectivity index (χ0v) is 45.0. The predicted octanol–water partition coefficient (Wildman–Crippen LogP) is 11.5. The van der Waals surface area contributed by atoms with Crippen molar-refractivity contribution < 1.29 is 110 Å². The number of thioether (sulfide) groups is 3. The normalized spacial score (nSPS) is 13.8. The fraction of sp³-hybridized carbons (Fsp3) is 0.870. The van der Waals surface area contributed by atoms with Crippen LogP contribution < -0.4 is 0 Å². The van der Waals surface area contributed by atoms with Gasteiger partial charge in [0.25, 0.3) is 0 Å². The van der Waals surface area contributed by atoms with E-state index < -0.39 is 133 Å². The van der Waals surface area contributed by atoms with Crippen molar-refractivity contribution in [2.75, 3.05) is 74.2 Å². The Balaban J connectivity index is 4.98. The topological polar surface area (TPSA) is 158 Å². The average Bonchev–Trinajstić information content (AvgIpc) is 3.24.